The van der Waals surface area contributed by atoms with Crippen LogP contribution in [0.15, 0.2) is 12.1 Å². The number of thiazole rings is 1. The predicted octanol–water partition coefficient (Wildman–Crippen LogP) is 3.24. The van der Waals surface area contributed by atoms with Crippen LogP contribution >= 0.6 is 11.3 Å². The maximum atomic E-state index is 13.5. The second kappa shape index (κ2) is 8.58. The number of alkyl halides is 2. The summed E-state index contributed by atoms with van der Waals surface area (Å²) < 4.78 is 38.5. The normalized spacial score (nSPS) is 23.9. The van der Waals surface area contributed by atoms with Gasteiger partial charge in [-0.15, -0.1) is 0 Å². The van der Waals surface area contributed by atoms with Gasteiger partial charge in [0.05, 0.1) is 25.9 Å². The maximum Gasteiger partial charge on any atom is 0.267 e. The molecule has 0 radical (unpaired) electrons. The van der Waals surface area contributed by atoms with Gasteiger partial charge in [-0.2, -0.15) is 0 Å². The Morgan fingerprint density at radius 3 is 2.90 bits per heavy atom. The van der Waals surface area contributed by atoms with Crippen LogP contribution in [0.5, 0.6) is 5.88 Å². The van der Waals surface area contributed by atoms with Gasteiger partial charge >= 0.3 is 0 Å². The molecule has 2 aliphatic rings. The van der Waals surface area contributed by atoms with Crippen molar-refractivity contribution in [1.29, 1.82) is 0 Å². The van der Waals surface area contributed by atoms with E-state index in [9.17, 15) is 13.6 Å². The Labute approximate surface area is 177 Å². The first-order valence-electron chi connectivity index (χ1n) is 10.2. The highest BCUT2D eigenvalue weighted by atomic mass is 32.1. The third-order valence-electron chi connectivity index (χ3n) is 5.35. The number of nitrogens with one attached hydrogen (secondary N) is 1. The molecule has 164 valence electrons. The number of carbonyl (C=O) groups is 1. The van der Waals surface area contributed by atoms with E-state index in [4.69, 9.17) is 9.47 Å². The van der Waals surface area contributed by atoms with Crippen LogP contribution in [0.4, 0.5) is 13.9 Å². The second-order valence-electron chi connectivity index (χ2n) is 8.20. The molecule has 0 unspecified atom stereocenters. The van der Waals surface area contributed by atoms with E-state index in [1.807, 2.05) is 13.0 Å². The van der Waals surface area contributed by atoms with Gasteiger partial charge in [-0.1, -0.05) is 11.3 Å². The van der Waals surface area contributed by atoms with Crippen LogP contribution < -0.4 is 15.0 Å². The highest BCUT2D eigenvalue weighted by molar-refractivity contribution is 7.21. The Hall–Kier alpha value is -2.07. The first-order valence-corrected chi connectivity index (χ1v) is 11.0. The van der Waals surface area contributed by atoms with Crippen molar-refractivity contribution < 1.29 is 23.0 Å². The van der Waals surface area contributed by atoms with Gasteiger partial charge in [0.1, 0.15) is 10.3 Å². The van der Waals surface area contributed by atoms with Crippen LogP contribution in [0.25, 0.3) is 10.3 Å². The number of hydrogen-bond acceptors (Lipinski definition) is 7. The Balaban J connectivity index is 1.23. The van der Waals surface area contributed by atoms with E-state index in [1.54, 1.807) is 11.0 Å². The lowest BCUT2D eigenvalue weighted by Crippen LogP contribution is -2.40. The molecule has 0 aromatic carbocycles. The van der Waals surface area contributed by atoms with Crippen molar-refractivity contribution in [3.05, 3.63) is 12.1 Å². The topological polar surface area (TPSA) is 76.6 Å². The van der Waals surface area contributed by atoms with Crippen molar-refractivity contribution in [2.24, 2.45) is 5.92 Å². The number of rotatable bonds is 8. The third kappa shape index (κ3) is 5.15. The van der Waals surface area contributed by atoms with Gasteiger partial charge < -0.3 is 19.7 Å². The summed E-state index contributed by atoms with van der Waals surface area (Å²) in [5.41, 5.74) is 0.697. The molecular weight excluding hydrogens is 414 g/mol. The number of amides is 1. The molecule has 0 spiro atoms. The minimum Gasteiger partial charge on any atom is -0.477 e. The smallest absolute Gasteiger partial charge is 0.267 e. The number of hydrogen-bond donors (Lipinski definition) is 1. The van der Waals surface area contributed by atoms with Crippen molar-refractivity contribution in [3.8, 4) is 5.88 Å². The fraction of sp³-hybridized carbons (Fsp3) is 0.650. The first kappa shape index (κ1) is 21.2. The molecule has 7 nitrogen and oxygen atoms in total. The average Bonchev–Trinajstić information content (AvgIpc) is 3.21. The van der Waals surface area contributed by atoms with Gasteiger partial charge in [-0.05, 0) is 31.7 Å². The summed E-state index contributed by atoms with van der Waals surface area (Å²) in [4.78, 5) is 22.2. The average molecular weight is 441 g/mol. The molecule has 2 aromatic heterocycles. The van der Waals surface area contributed by atoms with Crippen LogP contribution in [-0.4, -0.2) is 60.2 Å². The van der Waals surface area contributed by atoms with E-state index < -0.39 is 5.92 Å². The minimum atomic E-state index is -2.65. The molecule has 2 fully saturated rings. The van der Waals surface area contributed by atoms with E-state index in [1.165, 1.54) is 18.3 Å². The highest BCUT2D eigenvalue weighted by Crippen LogP contribution is 2.36. The van der Waals surface area contributed by atoms with Gasteiger partial charge in [0.2, 0.25) is 11.8 Å². The van der Waals surface area contributed by atoms with E-state index in [2.05, 4.69) is 15.3 Å². The zero-order chi connectivity index (χ0) is 21.3. The highest BCUT2D eigenvalue weighted by Gasteiger charge is 2.39. The molecule has 0 bridgehead atoms. The molecule has 2 aromatic rings. The molecular formula is C20H26F2N4O3S. The lowest BCUT2D eigenvalue weighted by Gasteiger charge is -2.35. The number of pyridine rings is 1. The fourth-order valence-corrected chi connectivity index (χ4v) is 4.68. The number of ether oxygens (including phenoxy) is 2. The second-order valence-corrected chi connectivity index (χ2v) is 9.16. The van der Waals surface area contributed by atoms with Gasteiger partial charge in [-0.25, -0.2) is 18.7 Å². The van der Waals surface area contributed by atoms with Crippen molar-refractivity contribution in [2.45, 2.75) is 51.2 Å². The van der Waals surface area contributed by atoms with E-state index in [-0.39, 0.29) is 31.0 Å². The Morgan fingerprint density at radius 2 is 2.20 bits per heavy atom. The van der Waals surface area contributed by atoms with Gasteiger partial charge in [0.25, 0.3) is 5.92 Å². The quantitative estimate of drug-likeness (QED) is 0.679. The number of fused-ring (bicyclic) bond motifs is 1. The fourth-order valence-electron chi connectivity index (χ4n) is 3.72. The molecule has 3 heterocycles. The Bertz CT molecular complexity index is 903. The Kier molecular flexibility index (Phi) is 6.06. The lowest BCUT2D eigenvalue weighted by molar-refractivity contribution is -0.120. The zero-order valence-electron chi connectivity index (χ0n) is 17.1. The van der Waals surface area contributed by atoms with Crippen molar-refractivity contribution >= 4 is 32.7 Å². The summed E-state index contributed by atoms with van der Waals surface area (Å²) in [6, 6.07) is 3.60. The Morgan fingerprint density at radius 1 is 1.40 bits per heavy atom. The molecule has 1 saturated carbocycles. The largest absolute Gasteiger partial charge is 0.477 e. The van der Waals surface area contributed by atoms with E-state index in [0.717, 1.165) is 12.8 Å². The van der Waals surface area contributed by atoms with Crippen molar-refractivity contribution in [1.82, 2.24) is 15.3 Å². The maximum absolute atomic E-state index is 13.5. The predicted molar refractivity (Wildman–Crippen MR) is 110 cm³/mol. The summed E-state index contributed by atoms with van der Waals surface area (Å²) >= 11 is 1.32. The van der Waals surface area contributed by atoms with Crippen LogP contribution in [0.3, 0.4) is 0 Å². The summed E-state index contributed by atoms with van der Waals surface area (Å²) in [6.45, 7) is 4.50. The van der Waals surface area contributed by atoms with Gasteiger partial charge in [0, 0.05) is 32.0 Å². The number of aromatic nitrogens is 2. The molecule has 30 heavy (non-hydrogen) atoms. The number of nitrogens with zero attached hydrogens (tertiary/aromatic N) is 3. The summed E-state index contributed by atoms with van der Waals surface area (Å²) in [7, 11) is 0. The van der Waals surface area contributed by atoms with E-state index in [0.29, 0.717) is 47.0 Å². The zero-order valence-corrected chi connectivity index (χ0v) is 17.9. The summed E-state index contributed by atoms with van der Waals surface area (Å²) in [5, 5.41) is 3.38. The summed E-state index contributed by atoms with van der Waals surface area (Å²) in [6.07, 6.45) is 1.90. The van der Waals surface area contributed by atoms with E-state index >= 15 is 0 Å². The minimum absolute atomic E-state index is 0.00445. The molecule has 1 aliphatic carbocycles. The SMILES string of the molecule is CC(=O)N[C@@H](C)CO[C@H]1C[C@H](COc2ccc3nc(N4CCC(F)(F)C4)sc3n2)C1. The van der Waals surface area contributed by atoms with Crippen molar-refractivity contribution in [3.63, 3.8) is 0 Å². The van der Waals surface area contributed by atoms with Crippen LogP contribution in [-0.2, 0) is 9.53 Å². The number of anilines is 1. The molecule has 1 saturated heterocycles. The molecule has 1 aliphatic heterocycles. The number of carbonyl (C=O) groups excluding carboxylic acids is 1. The molecule has 4 rings (SSSR count). The summed E-state index contributed by atoms with van der Waals surface area (Å²) in [5.74, 6) is -1.77. The standard InChI is InChI=1S/C20H26F2N4O3S/c1-12(23-13(2)27)9-28-15-7-14(8-15)10-29-17-4-3-16-18(25-17)30-19(24-16)26-6-5-20(21,22)11-26/h3-4,12,14-15H,5-11H2,1-2H3,(H,23,27)/t12-,14-,15-/m0/s1. The molecule has 1 N–H and O–H groups in total. The van der Waals surface area contributed by atoms with Crippen molar-refractivity contribution in [2.75, 3.05) is 31.2 Å². The first-order chi connectivity index (χ1) is 14.3. The number of halogens is 2. The van der Waals surface area contributed by atoms with Crippen LogP contribution in [0, 0.1) is 5.92 Å². The third-order valence-corrected chi connectivity index (χ3v) is 6.38. The van der Waals surface area contributed by atoms with Crippen LogP contribution in [0.2, 0.25) is 0 Å². The van der Waals surface area contributed by atoms with Crippen LogP contribution in [0.1, 0.15) is 33.1 Å². The molecule has 1 amide bonds. The van der Waals surface area contributed by atoms with Gasteiger partial charge in [0.15, 0.2) is 5.13 Å². The monoisotopic (exact) mass is 440 g/mol. The van der Waals surface area contributed by atoms with Gasteiger partial charge in [-0.3, -0.25) is 4.79 Å². The molecule has 10 heteroatoms. The molecule has 1 atom stereocenters. The lowest BCUT2D eigenvalue weighted by atomic mass is 9.83.